The van der Waals surface area contributed by atoms with Gasteiger partial charge in [-0.05, 0) is 321 Å². The van der Waals surface area contributed by atoms with E-state index in [9.17, 15) is 45.3 Å². The van der Waals surface area contributed by atoms with E-state index in [0.717, 1.165) is 148 Å². The molecule has 1 unspecified atom stereocenters. The number of allylic oxidation sites excluding steroid dienone is 3. The number of hydrogen-bond acceptors (Lipinski definition) is 9. The van der Waals surface area contributed by atoms with Crippen molar-refractivity contribution >= 4 is 11.6 Å². The minimum Gasteiger partial charge on any atom is -0.393 e. The van der Waals surface area contributed by atoms with Gasteiger partial charge in [-0.25, -0.2) is 0 Å². The Balaban J connectivity index is 0.000000158. The van der Waals surface area contributed by atoms with Crippen molar-refractivity contribution in [3.8, 4) is 0 Å². The molecule has 0 amide bonds. The minimum atomic E-state index is -0.675. The lowest BCUT2D eigenvalue weighted by Gasteiger charge is -2.64. The highest BCUT2D eigenvalue weighted by Crippen LogP contribution is 2.72. The highest BCUT2D eigenvalue weighted by atomic mass is 16.3. The Morgan fingerprint density at radius 3 is 1.21 bits per heavy atom. The largest absolute Gasteiger partial charge is 0.393 e. The summed E-state index contributed by atoms with van der Waals surface area (Å²) < 4.78 is 0. The van der Waals surface area contributed by atoms with Crippen LogP contribution in [0, 0.1) is 132 Å². The topological polar surface area (TPSA) is 176 Å². The van der Waals surface area contributed by atoms with Crippen molar-refractivity contribution in [2.24, 2.45) is 132 Å². The first-order chi connectivity index (χ1) is 44.6. The van der Waals surface area contributed by atoms with Crippen molar-refractivity contribution in [2.45, 2.75) is 372 Å². The van der Waals surface area contributed by atoms with Crippen molar-refractivity contribution < 1.29 is 45.3 Å². The molecule has 7 N–H and O–H groups in total. The zero-order chi connectivity index (χ0) is 71.8. The van der Waals surface area contributed by atoms with E-state index in [0.29, 0.717) is 88.5 Å². The van der Waals surface area contributed by atoms with Crippen LogP contribution in [0.3, 0.4) is 0 Å². The smallest absolute Gasteiger partial charge is 0.137 e. The van der Waals surface area contributed by atoms with Crippen molar-refractivity contribution in [2.75, 3.05) is 0 Å². The van der Waals surface area contributed by atoms with Crippen LogP contribution in [0.2, 0.25) is 0 Å². The van der Waals surface area contributed by atoms with Crippen LogP contribution in [0.4, 0.5) is 0 Å². The summed E-state index contributed by atoms with van der Waals surface area (Å²) in [5.74, 6) is 8.43. The fraction of sp³-hybridized carbons (Fsp3) is 0.909. The Hall–Kier alpha value is -1.72. The van der Waals surface area contributed by atoms with Gasteiger partial charge in [0.15, 0.2) is 0 Å². The maximum absolute atomic E-state index is 13.9. The molecule has 0 aromatic carbocycles. The first-order valence-electron chi connectivity index (χ1n) is 40.7. The number of fused-ring (bicyclic) bond motifs is 15. The van der Waals surface area contributed by atoms with Crippen LogP contribution >= 0.6 is 0 Å². The highest BCUT2D eigenvalue weighted by molar-refractivity contribution is 5.85. The summed E-state index contributed by atoms with van der Waals surface area (Å²) in [6.07, 6.45) is 34.7. The van der Waals surface area contributed by atoms with Crippen LogP contribution in [-0.4, -0.2) is 87.5 Å². The molecular formula is C88H148O9. The van der Waals surface area contributed by atoms with Gasteiger partial charge in [0, 0.05) is 24.7 Å². The first-order valence-corrected chi connectivity index (χ1v) is 40.7. The van der Waals surface area contributed by atoms with Gasteiger partial charge in [0.25, 0.3) is 0 Å². The van der Waals surface area contributed by atoms with Gasteiger partial charge in [-0.1, -0.05) is 153 Å². The van der Waals surface area contributed by atoms with E-state index in [1.165, 1.54) is 55.2 Å². The molecule has 97 heavy (non-hydrogen) atoms. The number of carbonyl (C=O) groups is 2. The lowest BCUT2D eigenvalue weighted by molar-refractivity contribution is -0.185. The third-order valence-corrected chi connectivity index (χ3v) is 33.1. The summed E-state index contributed by atoms with van der Waals surface area (Å²) in [4.78, 5) is 27.8. The summed E-state index contributed by atoms with van der Waals surface area (Å²) in [6, 6.07) is 0. The van der Waals surface area contributed by atoms with Crippen LogP contribution in [-0.2, 0) is 9.59 Å². The van der Waals surface area contributed by atoms with Gasteiger partial charge < -0.3 is 35.7 Å². The van der Waals surface area contributed by atoms with Gasteiger partial charge in [-0.15, -0.1) is 0 Å². The van der Waals surface area contributed by atoms with Gasteiger partial charge in [-0.3, -0.25) is 9.59 Å². The van der Waals surface area contributed by atoms with Crippen LogP contribution in [0.1, 0.15) is 332 Å². The van der Waals surface area contributed by atoms with E-state index < -0.39 is 28.0 Å². The highest BCUT2D eigenvalue weighted by Gasteiger charge is 2.68. The zero-order valence-corrected chi connectivity index (χ0v) is 66.0. The van der Waals surface area contributed by atoms with Crippen molar-refractivity contribution in [1.82, 2.24) is 0 Å². The monoisotopic (exact) mass is 1350 g/mol. The molecule has 0 radical (unpaired) electrons. The summed E-state index contributed by atoms with van der Waals surface area (Å²) in [6.45, 7) is 46.4. The molecule has 9 fully saturated rings. The fourth-order valence-electron chi connectivity index (χ4n) is 27.1. The molecule has 9 saturated carbocycles. The number of Topliss-reactive ketones (excluding diaryl/α,β-unsaturated/α-hetero) is 2. The summed E-state index contributed by atoms with van der Waals surface area (Å²) in [7, 11) is 0. The lowest BCUT2D eigenvalue weighted by atomic mass is 9.42. The molecule has 9 heteroatoms. The first kappa shape index (κ1) is 77.9. The number of hydrogen-bond donors (Lipinski definition) is 7. The van der Waals surface area contributed by atoms with E-state index in [1.807, 2.05) is 20.8 Å². The van der Waals surface area contributed by atoms with Crippen molar-refractivity contribution in [3.05, 3.63) is 34.9 Å². The van der Waals surface area contributed by atoms with Gasteiger partial charge in [0.2, 0.25) is 0 Å². The predicted octanol–water partition coefficient (Wildman–Crippen LogP) is 19.3. The molecule has 0 aliphatic heterocycles. The molecule has 0 aromatic heterocycles. The Kier molecular flexibility index (Phi) is 21.7. The van der Waals surface area contributed by atoms with Crippen molar-refractivity contribution in [1.29, 1.82) is 0 Å². The average molecular weight is 1350 g/mol. The zero-order valence-electron chi connectivity index (χ0n) is 66.0. The van der Waals surface area contributed by atoms with Crippen LogP contribution in [0.15, 0.2) is 34.9 Å². The molecule has 0 bridgehead atoms. The average Bonchev–Trinajstić information content (AvgIpc) is 1.69. The molecule has 0 spiro atoms. The SMILES string of the molecule is CC[C@]1(O)CC[C@@]2(C)C(=CC[C@H]3[C@@H]4CC[C@H]([C@H](C)CC[C@@H](O)C(C)(C)C)[C@@]4(C)CC(=O)[C@@H]32)C1.CC[C@]1(O)CC[C@@]2(C)C(=CC[C@H]3[C@@H]4CC[C@H]([C@H](C)CC[C@H](O)C(C)(C)C)[C@@]4(C)CC(=O)[C@@H]32)C1.C[C@H](CCC(C)(C)O)[C@H]1CC[C@H]2[C@@H]3CC=C4C[C@@](C)(O)CC[C@]4(C)[C@H]3C(C)(O)C[C@]12C. The molecule has 0 saturated heterocycles. The maximum Gasteiger partial charge on any atom is 0.137 e. The predicted molar refractivity (Wildman–Crippen MR) is 396 cm³/mol. The molecule has 0 aromatic rings. The molecule has 12 aliphatic carbocycles. The maximum atomic E-state index is 13.9. The van der Waals surface area contributed by atoms with E-state index in [2.05, 4.69) is 143 Å². The molecule has 9 nitrogen and oxygen atoms in total. The van der Waals surface area contributed by atoms with Crippen LogP contribution in [0.25, 0.3) is 0 Å². The second-order valence-electron chi connectivity index (χ2n) is 42.2. The molecule has 12 aliphatic rings. The van der Waals surface area contributed by atoms with Crippen LogP contribution in [0.5, 0.6) is 0 Å². The van der Waals surface area contributed by atoms with Gasteiger partial charge in [0.05, 0.1) is 40.2 Å². The Bertz CT molecular complexity index is 2800. The van der Waals surface area contributed by atoms with Crippen LogP contribution < -0.4 is 0 Å². The number of aliphatic hydroxyl groups excluding tert-OH is 2. The van der Waals surface area contributed by atoms with E-state index >= 15 is 0 Å². The normalized spacial score (nSPS) is 46.9. The Morgan fingerprint density at radius 2 is 0.814 bits per heavy atom. The third kappa shape index (κ3) is 14.4. The Morgan fingerprint density at radius 1 is 0.454 bits per heavy atom. The summed E-state index contributed by atoms with van der Waals surface area (Å²) in [5.41, 5.74) is 1.28. The number of rotatable bonds is 14. The summed E-state index contributed by atoms with van der Waals surface area (Å²) >= 11 is 0. The van der Waals surface area contributed by atoms with E-state index in [-0.39, 0.29) is 67.4 Å². The summed E-state index contributed by atoms with van der Waals surface area (Å²) in [5, 5.41) is 76.2. The lowest BCUT2D eigenvalue weighted by Crippen LogP contribution is -2.62. The molecule has 27 atom stereocenters. The minimum absolute atomic E-state index is 0.0145. The molecular weight excluding hydrogens is 1200 g/mol. The van der Waals surface area contributed by atoms with E-state index in [1.54, 1.807) is 0 Å². The second-order valence-corrected chi connectivity index (χ2v) is 42.2. The number of aliphatic hydroxyl groups is 7. The number of carbonyl (C=O) groups excluding carboxylic acids is 2. The van der Waals surface area contributed by atoms with E-state index in [4.69, 9.17) is 0 Å². The number of ketones is 2. The molecule has 554 valence electrons. The third-order valence-electron chi connectivity index (χ3n) is 33.1. The second kappa shape index (κ2) is 27.0. The molecule has 12 rings (SSSR count). The quantitative estimate of drug-likeness (QED) is 0.0835. The fourth-order valence-corrected chi connectivity index (χ4v) is 27.1. The Labute approximate surface area is 592 Å². The van der Waals surface area contributed by atoms with Crippen molar-refractivity contribution in [3.63, 3.8) is 0 Å². The standard InChI is InChI=1S/2C30H50O3.C28H48O3/c2*1-8-30(33)16-15-28(6)20(17-30)10-11-21-23-13-12-22(29(23,7)18-24(31)26(21)28)19(2)9-14-25(32)27(3,4)5;1-18(12-13-24(2,3)29)21-10-11-22-20-9-8-19-16-25(4,30)14-15-26(19,5)23(20)28(7,31)17-27(21,22)6/h2*10,19,21-23,25-26,32-33H,8-9,11-18H2,1-7H3;8,18,20-23,29-31H,9-17H2,1-7H3/t19-,21+,22-,23+,25+,26-,28+,29-,30+;19-,21+,22-,23+,25-,26-,28+,29-,30+;18-,20+,21-,22+,23+,25+,26+,27-,28?/m111/s1. The van der Waals surface area contributed by atoms with Gasteiger partial charge in [0.1, 0.15) is 11.6 Å². The van der Waals surface area contributed by atoms with Gasteiger partial charge in [-0.2, -0.15) is 0 Å². The van der Waals surface area contributed by atoms with Gasteiger partial charge >= 0.3 is 0 Å². The molecule has 0 heterocycles.